The first kappa shape index (κ1) is 16.3. The van der Waals surface area contributed by atoms with Gasteiger partial charge in [0.2, 0.25) is 0 Å². The summed E-state index contributed by atoms with van der Waals surface area (Å²) < 4.78 is 5.20. The summed E-state index contributed by atoms with van der Waals surface area (Å²) in [6.45, 7) is 6.79. The Morgan fingerprint density at radius 3 is 2.57 bits per heavy atom. The molecule has 21 heavy (non-hydrogen) atoms. The van der Waals surface area contributed by atoms with Crippen molar-refractivity contribution in [2.75, 3.05) is 20.7 Å². The van der Waals surface area contributed by atoms with Gasteiger partial charge >= 0.3 is 0 Å². The SMILES string of the molecule is COc1ccc(CN(C)CC2CC(C)(C)CCC2N)cc1. The molecule has 3 nitrogen and oxygen atoms in total. The summed E-state index contributed by atoms with van der Waals surface area (Å²) in [5, 5.41) is 0. The van der Waals surface area contributed by atoms with Crippen molar-refractivity contribution in [1.82, 2.24) is 4.90 Å². The Kier molecular flexibility index (Phi) is 5.28. The third-order valence-corrected chi connectivity index (χ3v) is 4.73. The number of nitrogens with two attached hydrogens (primary N) is 1. The molecule has 0 spiro atoms. The van der Waals surface area contributed by atoms with Gasteiger partial charge < -0.3 is 15.4 Å². The lowest BCUT2D eigenvalue weighted by atomic mass is 9.70. The summed E-state index contributed by atoms with van der Waals surface area (Å²) in [4.78, 5) is 2.40. The zero-order chi connectivity index (χ0) is 15.5. The quantitative estimate of drug-likeness (QED) is 0.904. The van der Waals surface area contributed by atoms with E-state index >= 15 is 0 Å². The van der Waals surface area contributed by atoms with E-state index in [0.29, 0.717) is 17.4 Å². The summed E-state index contributed by atoms with van der Waals surface area (Å²) >= 11 is 0. The van der Waals surface area contributed by atoms with E-state index in [0.717, 1.165) is 25.3 Å². The Bertz CT molecular complexity index is 441. The van der Waals surface area contributed by atoms with Gasteiger partial charge in [0.05, 0.1) is 7.11 Å². The molecule has 0 radical (unpaired) electrons. The Balaban J connectivity index is 1.89. The van der Waals surface area contributed by atoms with Gasteiger partial charge in [0.1, 0.15) is 5.75 Å². The zero-order valence-corrected chi connectivity index (χ0v) is 13.9. The summed E-state index contributed by atoms with van der Waals surface area (Å²) in [6, 6.07) is 8.69. The number of rotatable bonds is 5. The molecule has 0 saturated heterocycles. The van der Waals surface area contributed by atoms with Gasteiger partial charge in [-0.2, -0.15) is 0 Å². The van der Waals surface area contributed by atoms with Crippen LogP contribution in [0.15, 0.2) is 24.3 Å². The Morgan fingerprint density at radius 2 is 1.95 bits per heavy atom. The van der Waals surface area contributed by atoms with Gasteiger partial charge in [-0.15, -0.1) is 0 Å². The van der Waals surface area contributed by atoms with Crippen LogP contribution in [0.4, 0.5) is 0 Å². The zero-order valence-electron chi connectivity index (χ0n) is 13.9. The monoisotopic (exact) mass is 290 g/mol. The van der Waals surface area contributed by atoms with Crippen molar-refractivity contribution >= 4 is 0 Å². The van der Waals surface area contributed by atoms with Crippen molar-refractivity contribution in [2.24, 2.45) is 17.1 Å². The predicted octanol–water partition coefficient (Wildman–Crippen LogP) is 3.28. The number of ether oxygens (including phenoxy) is 1. The van der Waals surface area contributed by atoms with Gasteiger partial charge in [0.25, 0.3) is 0 Å². The van der Waals surface area contributed by atoms with E-state index in [9.17, 15) is 0 Å². The lowest BCUT2D eigenvalue weighted by molar-refractivity contribution is 0.122. The van der Waals surface area contributed by atoms with Gasteiger partial charge in [-0.25, -0.2) is 0 Å². The van der Waals surface area contributed by atoms with E-state index in [4.69, 9.17) is 10.5 Å². The summed E-state index contributed by atoms with van der Waals surface area (Å²) in [5.41, 5.74) is 8.10. The van der Waals surface area contributed by atoms with Crippen LogP contribution in [-0.4, -0.2) is 31.6 Å². The molecule has 1 saturated carbocycles. The highest BCUT2D eigenvalue weighted by molar-refractivity contribution is 5.27. The predicted molar refractivity (Wildman–Crippen MR) is 88.4 cm³/mol. The molecule has 2 unspecified atom stereocenters. The van der Waals surface area contributed by atoms with Crippen LogP contribution in [0.1, 0.15) is 38.7 Å². The fraction of sp³-hybridized carbons (Fsp3) is 0.667. The fourth-order valence-electron chi connectivity index (χ4n) is 3.46. The molecule has 1 aliphatic carbocycles. The van der Waals surface area contributed by atoms with Crippen LogP contribution < -0.4 is 10.5 Å². The van der Waals surface area contributed by atoms with Crippen LogP contribution in [0.25, 0.3) is 0 Å². The lowest BCUT2D eigenvalue weighted by Crippen LogP contribution is -2.44. The van der Waals surface area contributed by atoms with Gasteiger partial charge in [-0.3, -0.25) is 0 Å². The summed E-state index contributed by atoms with van der Waals surface area (Å²) in [6.07, 6.45) is 3.65. The van der Waals surface area contributed by atoms with Gasteiger partial charge in [0.15, 0.2) is 0 Å². The van der Waals surface area contributed by atoms with Crippen LogP contribution in [0.3, 0.4) is 0 Å². The molecule has 1 aromatic rings. The smallest absolute Gasteiger partial charge is 0.118 e. The number of nitrogens with zero attached hydrogens (tertiary/aromatic N) is 1. The molecule has 2 rings (SSSR count). The number of methoxy groups -OCH3 is 1. The van der Waals surface area contributed by atoms with E-state index in [2.05, 4.69) is 37.9 Å². The van der Waals surface area contributed by atoms with E-state index in [1.54, 1.807) is 7.11 Å². The molecule has 3 heteroatoms. The first-order chi connectivity index (χ1) is 9.89. The topological polar surface area (TPSA) is 38.5 Å². The second-order valence-electron chi connectivity index (χ2n) is 7.38. The van der Waals surface area contributed by atoms with Crippen LogP contribution in [0, 0.1) is 11.3 Å². The minimum Gasteiger partial charge on any atom is -0.497 e. The van der Waals surface area contributed by atoms with Crippen molar-refractivity contribution in [3.63, 3.8) is 0 Å². The van der Waals surface area contributed by atoms with Crippen molar-refractivity contribution in [2.45, 2.75) is 45.7 Å². The van der Waals surface area contributed by atoms with Crippen LogP contribution >= 0.6 is 0 Å². The second-order valence-corrected chi connectivity index (χ2v) is 7.38. The summed E-state index contributed by atoms with van der Waals surface area (Å²) in [5.74, 6) is 1.52. The average Bonchev–Trinajstić information content (AvgIpc) is 2.43. The normalized spacial score (nSPS) is 25.0. The molecule has 0 heterocycles. The first-order valence-corrected chi connectivity index (χ1v) is 7.97. The molecule has 0 aromatic heterocycles. The van der Waals surface area contributed by atoms with E-state index < -0.39 is 0 Å². The third kappa shape index (κ3) is 4.72. The van der Waals surface area contributed by atoms with Crippen LogP contribution in [-0.2, 0) is 6.54 Å². The van der Waals surface area contributed by atoms with Gasteiger partial charge in [-0.05, 0) is 55.3 Å². The largest absolute Gasteiger partial charge is 0.497 e. The molecule has 2 N–H and O–H groups in total. The van der Waals surface area contributed by atoms with Crippen molar-refractivity contribution in [1.29, 1.82) is 0 Å². The number of hydrogen-bond acceptors (Lipinski definition) is 3. The maximum Gasteiger partial charge on any atom is 0.118 e. The molecular weight excluding hydrogens is 260 g/mol. The molecule has 0 aliphatic heterocycles. The second kappa shape index (κ2) is 6.80. The van der Waals surface area contributed by atoms with E-state index in [-0.39, 0.29) is 0 Å². The first-order valence-electron chi connectivity index (χ1n) is 7.97. The Morgan fingerprint density at radius 1 is 1.29 bits per heavy atom. The molecule has 1 aromatic carbocycles. The highest BCUT2D eigenvalue weighted by Gasteiger charge is 2.33. The minimum absolute atomic E-state index is 0.358. The average molecular weight is 290 g/mol. The van der Waals surface area contributed by atoms with Crippen LogP contribution in [0.2, 0.25) is 0 Å². The highest BCUT2D eigenvalue weighted by atomic mass is 16.5. The van der Waals surface area contributed by atoms with Crippen LogP contribution in [0.5, 0.6) is 5.75 Å². The third-order valence-electron chi connectivity index (χ3n) is 4.73. The molecule has 0 bridgehead atoms. The molecule has 118 valence electrons. The fourth-order valence-corrected chi connectivity index (χ4v) is 3.46. The number of benzene rings is 1. The standard InChI is InChI=1S/C18H30N2O/c1-18(2)10-9-17(19)15(11-18)13-20(3)12-14-5-7-16(21-4)8-6-14/h5-8,15,17H,9-13,19H2,1-4H3. The molecule has 1 aliphatic rings. The van der Waals surface area contributed by atoms with Crippen molar-refractivity contribution in [3.8, 4) is 5.75 Å². The van der Waals surface area contributed by atoms with Crippen molar-refractivity contribution < 1.29 is 4.74 Å². The molecule has 0 amide bonds. The Labute approximate surface area is 129 Å². The molecular formula is C18H30N2O. The minimum atomic E-state index is 0.358. The number of hydrogen-bond donors (Lipinski definition) is 1. The van der Waals surface area contributed by atoms with Gasteiger partial charge in [-0.1, -0.05) is 26.0 Å². The maximum atomic E-state index is 6.34. The summed E-state index contributed by atoms with van der Waals surface area (Å²) in [7, 11) is 3.89. The Hall–Kier alpha value is -1.06. The van der Waals surface area contributed by atoms with E-state index in [1.165, 1.54) is 18.4 Å². The highest BCUT2D eigenvalue weighted by Crippen LogP contribution is 2.38. The lowest BCUT2D eigenvalue weighted by Gasteiger charge is -2.40. The molecule has 1 fully saturated rings. The van der Waals surface area contributed by atoms with Crippen molar-refractivity contribution in [3.05, 3.63) is 29.8 Å². The molecule has 2 atom stereocenters. The van der Waals surface area contributed by atoms with E-state index in [1.807, 2.05) is 12.1 Å². The van der Waals surface area contributed by atoms with Gasteiger partial charge in [0, 0.05) is 19.1 Å². The maximum absolute atomic E-state index is 6.34.